The average Bonchev–Trinajstić information content (AvgIpc) is 3.37. The van der Waals surface area contributed by atoms with Crippen LogP contribution in [0.3, 0.4) is 0 Å². The summed E-state index contributed by atoms with van der Waals surface area (Å²) >= 11 is 0. The molecule has 0 radical (unpaired) electrons. The predicted octanol–water partition coefficient (Wildman–Crippen LogP) is 10.5. The van der Waals surface area contributed by atoms with Crippen LogP contribution < -0.4 is 10.6 Å². The van der Waals surface area contributed by atoms with Crippen molar-refractivity contribution in [2.24, 2.45) is 0 Å². The molecule has 0 fully saturated rings. The molecule has 6 aromatic carbocycles. The molecule has 2 nitrogen and oxygen atoms in total. The van der Waals surface area contributed by atoms with Crippen molar-refractivity contribution in [2.45, 2.75) is 38.5 Å². The average molecular weight is 543 g/mol. The summed E-state index contributed by atoms with van der Waals surface area (Å²) in [5.41, 5.74) is 21.1. The molecule has 42 heavy (non-hydrogen) atoms. The first-order valence-electron chi connectivity index (χ1n) is 14.8. The van der Waals surface area contributed by atoms with Crippen molar-refractivity contribution in [1.82, 2.24) is 0 Å². The molecule has 204 valence electrons. The van der Waals surface area contributed by atoms with Gasteiger partial charge in [-0.05, 0) is 104 Å². The molecule has 0 aliphatic heterocycles. The highest BCUT2D eigenvalue weighted by atomic mass is 15.1. The van der Waals surface area contributed by atoms with E-state index < -0.39 is 0 Å². The summed E-state index contributed by atoms with van der Waals surface area (Å²) in [6, 6.07) is 44.6. The molecule has 0 bridgehead atoms. The van der Waals surface area contributed by atoms with Crippen LogP contribution in [-0.4, -0.2) is 0 Å². The highest BCUT2D eigenvalue weighted by Crippen LogP contribution is 2.53. The SMILES string of the molecule is CC1(C)c2ccccc2-c2ccc(N(c3ccc4c(c3)C(C)(C)c3ccccc3-4)c3ccc4cc(N)ccc4c3)cc21. The van der Waals surface area contributed by atoms with Crippen LogP contribution in [0.15, 0.2) is 121 Å². The Morgan fingerprint density at radius 3 is 1.43 bits per heavy atom. The molecule has 6 aromatic rings. The molecule has 8 rings (SSSR count). The molecule has 2 aliphatic rings. The maximum Gasteiger partial charge on any atom is 0.0468 e. The van der Waals surface area contributed by atoms with Crippen molar-refractivity contribution in [3.8, 4) is 22.3 Å². The lowest BCUT2D eigenvalue weighted by Crippen LogP contribution is -2.18. The second kappa shape index (κ2) is 8.59. The fraction of sp³-hybridized carbons (Fsp3) is 0.150. The number of fused-ring (bicyclic) bond motifs is 7. The Kier molecular flexibility index (Phi) is 5.10. The largest absolute Gasteiger partial charge is 0.399 e. The Balaban J connectivity index is 1.34. The van der Waals surface area contributed by atoms with Gasteiger partial charge in [0.2, 0.25) is 0 Å². The molecule has 2 N–H and O–H groups in total. The van der Waals surface area contributed by atoms with E-state index in [-0.39, 0.29) is 10.8 Å². The monoisotopic (exact) mass is 542 g/mol. The van der Waals surface area contributed by atoms with E-state index in [1.54, 1.807) is 0 Å². The lowest BCUT2D eigenvalue weighted by atomic mass is 9.82. The van der Waals surface area contributed by atoms with Gasteiger partial charge in [-0.1, -0.05) is 100 Å². The molecular weight excluding hydrogens is 508 g/mol. The third-order valence-corrected chi connectivity index (χ3v) is 9.76. The van der Waals surface area contributed by atoms with Gasteiger partial charge >= 0.3 is 0 Å². The maximum absolute atomic E-state index is 6.12. The van der Waals surface area contributed by atoms with Gasteiger partial charge in [-0.2, -0.15) is 0 Å². The van der Waals surface area contributed by atoms with Gasteiger partial charge in [-0.15, -0.1) is 0 Å². The molecule has 2 aliphatic carbocycles. The molecule has 0 amide bonds. The van der Waals surface area contributed by atoms with Gasteiger partial charge in [-0.25, -0.2) is 0 Å². The summed E-state index contributed by atoms with van der Waals surface area (Å²) in [4.78, 5) is 2.43. The lowest BCUT2D eigenvalue weighted by Gasteiger charge is -2.30. The maximum atomic E-state index is 6.12. The third kappa shape index (κ3) is 3.45. The summed E-state index contributed by atoms with van der Waals surface area (Å²) in [6.45, 7) is 9.39. The quantitative estimate of drug-likeness (QED) is 0.225. The number of nitrogen functional groups attached to an aromatic ring is 1. The van der Waals surface area contributed by atoms with Crippen LogP contribution in [0.4, 0.5) is 22.7 Å². The molecule has 0 spiro atoms. The van der Waals surface area contributed by atoms with E-state index in [1.807, 2.05) is 12.1 Å². The van der Waals surface area contributed by atoms with Crippen molar-refractivity contribution in [2.75, 3.05) is 10.6 Å². The summed E-state index contributed by atoms with van der Waals surface area (Å²) in [5, 5.41) is 2.32. The van der Waals surface area contributed by atoms with Gasteiger partial charge in [0.15, 0.2) is 0 Å². The van der Waals surface area contributed by atoms with Crippen LogP contribution in [0.25, 0.3) is 33.0 Å². The second-order valence-corrected chi connectivity index (χ2v) is 12.9. The normalized spacial score (nSPS) is 15.1. The van der Waals surface area contributed by atoms with Crippen molar-refractivity contribution >= 4 is 33.5 Å². The first-order valence-corrected chi connectivity index (χ1v) is 14.8. The van der Waals surface area contributed by atoms with Gasteiger partial charge in [0.1, 0.15) is 0 Å². The number of benzene rings is 6. The van der Waals surface area contributed by atoms with Gasteiger partial charge in [-0.3, -0.25) is 0 Å². The van der Waals surface area contributed by atoms with E-state index in [0.717, 1.165) is 28.1 Å². The smallest absolute Gasteiger partial charge is 0.0468 e. The number of anilines is 4. The zero-order valence-corrected chi connectivity index (χ0v) is 24.6. The molecule has 0 saturated heterocycles. The highest BCUT2D eigenvalue weighted by molar-refractivity contribution is 5.93. The molecule has 0 aromatic heterocycles. The number of nitrogens with zero attached hydrogens (tertiary/aromatic N) is 1. The van der Waals surface area contributed by atoms with Crippen LogP contribution in [0.5, 0.6) is 0 Å². The minimum absolute atomic E-state index is 0.0733. The van der Waals surface area contributed by atoms with E-state index in [1.165, 1.54) is 49.9 Å². The summed E-state index contributed by atoms with van der Waals surface area (Å²) in [7, 11) is 0. The first kappa shape index (κ1) is 24.9. The van der Waals surface area contributed by atoms with Crippen LogP contribution in [0.1, 0.15) is 49.9 Å². The van der Waals surface area contributed by atoms with E-state index in [0.29, 0.717) is 0 Å². The van der Waals surface area contributed by atoms with E-state index in [4.69, 9.17) is 5.73 Å². The Bertz CT molecular complexity index is 1960. The summed E-state index contributed by atoms with van der Waals surface area (Å²) < 4.78 is 0. The van der Waals surface area contributed by atoms with Crippen molar-refractivity contribution in [3.05, 3.63) is 144 Å². The number of hydrogen-bond donors (Lipinski definition) is 1. The second-order valence-electron chi connectivity index (χ2n) is 12.9. The summed E-state index contributed by atoms with van der Waals surface area (Å²) in [5.74, 6) is 0. The molecule has 0 atom stereocenters. The van der Waals surface area contributed by atoms with E-state index >= 15 is 0 Å². The van der Waals surface area contributed by atoms with Gasteiger partial charge in [0.05, 0.1) is 0 Å². The fourth-order valence-electron chi connectivity index (χ4n) is 7.50. The van der Waals surface area contributed by atoms with E-state index in [9.17, 15) is 0 Å². The zero-order valence-electron chi connectivity index (χ0n) is 24.6. The van der Waals surface area contributed by atoms with Crippen LogP contribution in [-0.2, 0) is 10.8 Å². The lowest BCUT2D eigenvalue weighted by molar-refractivity contribution is 0.660. The Hall–Kier alpha value is -4.82. The topological polar surface area (TPSA) is 29.3 Å². The zero-order chi connectivity index (χ0) is 28.8. The Morgan fingerprint density at radius 2 is 0.857 bits per heavy atom. The third-order valence-electron chi connectivity index (χ3n) is 9.76. The van der Waals surface area contributed by atoms with Gasteiger partial charge in [0, 0.05) is 33.6 Å². The van der Waals surface area contributed by atoms with Crippen molar-refractivity contribution in [1.29, 1.82) is 0 Å². The fourth-order valence-corrected chi connectivity index (χ4v) is 7.50. The molecule has 0 unspecified atom stereocenters. The standard InChI is InChI=1S/C40H34N2/c1-39(2)35-11-7-5-9-31(35)33-19-17-29(23-37(33)39)42(28-16-14-25-21-27(41)15-13-26(25)22-28)30-18-20-34-32-10-6-8-12-36(32)40(3,4)38(34)24-30/h5-24H,41H2,1-4H3. The molecule has 0 heterocycles. The van der Waals surface area contributed by atoms with Crippen molar-refractivity contribution < 1.29 is 0 Å². The first-order chi connectivity index (χ1) is 20.2. The Morgan fingerprint density at radius 1 is 0.429 bits per heavy atom. The number of rotatable bonds is 3. The minimum Gasteiger partial charge on any atom is -0.399 e. The number of hydrogen-bond acceptors (Lipinski definition) is 2. The van der Waals surface area contributed by atoms with Crippen LogP contribution in [0, 0.1) is 0 Å². The Labute approximate surface area is 248 Å². The molecule has 0 saturated carbocycles. The van der Waals surface area contributed by atoms with Gasteiger partial charge in [0.25, 0.3) is 0 Å². The molecule has 2 heteroatoms. The van der Waals surface area contributed by atoms with Crippen LogP contribution in [0.2, 0.25) is 0 Å². The predicted molar refractivity (Wildman–Crippen MR) is 178 cm³/mol. The number of nitrogens with two attached hydrogens (primary N) is 1. The van der Waals surface area contributed by atoms with Crippen molar-refractivity contribution in [3.63, 3.8) is 0 Å². The van der Waals surface area contributed by atoms with E-state index in [2.05, 4.69) is 142 Å². The van der Waals surface area contributed by atoms with Gasteiger partial charge < -0.3 is 10.6 Å². The van der Waals surface area contributed by atoms with Crippen LogP contribution >= 0.6 is 0 Å². The summed E-state index contributed by atoms with van der Waals surface area (Å²) in [6.07, 6.45) is 0. The highest BCUT2D eigenvalue weighted by Gasteiger charge is 2.37. The minimum atomic E-state index is -0.0733. The molecular formula is C40H34N2.